The molecule has 0 radical (unpaired) electrons. The van der Waals surface area contributed by atoms with Crippen LogP contribution in [-0.4, -0.2) is 18.0 Å². The zero-order chi connectivity index (χ0) is 19.4. The number of benzene rings is 2. The van der Waals surface area contributed by atoms with Crippen molar-refractivity contribution in [3.63, 3.8) is 0 Å². The van der Waals surface area contributed by atoms with Gasteiger partial charge in [-0.05, 0) is 43.3 Å². The lowest BCUT2D eigenvalue weighted by molar-refractivity contribution is -0.123. The van der Waals surface area contributed by atoms with Crippen LogP contribution in [-0.2, 0) is 9.53 Å². The summed E-state index contributed by atoms with van der Waals surface area (Å²) in [5, 5.41) is 11.9. The van der Waals surface area contributed by atoms with Gasteiger partial charge in [0.05, 0.1) is 11.6 Å². The third kappa shape index (κ3) is 4.02. The fraction of sp³-hybridized carbons (Fsp3) is 0.100. The molecule has 1 N–H and O–H groups in total. The lowest BCUT2D eigenvalue weighted by Gasteiger charge is -2.13. The Morgan fingerprint density at radius 3 is 2.56 bits per heavy atom. The Morgan fingerprint density at radius 1 is 1.15 bits per heavy atom. The van der Waals surface area contributed by atoms with Crippen molar-refractivity contribution < 1.29 is 18.7 Å². The number of esters is 1. The van der Waals surface area contributed by atoms with Crippen molar-refractivity contribution in [3.05, 3.63) is 76.1 Å². The number of nitriles is 1. The average molecular weight is 362 g/mol. The summed E-state index contributed by atoms with van der Waals surface area (Å²) in [4.78, 5) is 36.4. The minimum absolute atomic E-state index is 0.285. The highest BCUT2D eigenvalue weighted by Gasteiger charge is 2.22. The van der Waals surface area contributed by atoms with Gasteiger partial charge in [0.2, 0.25) is 0 Å². The van der Waals surface area contributed by atoms with Crippen molar-refractivity contribution in [2.45, 2.75) is 13.0 Å². The number of hydrogen-bond donors (Lipinski definition) is 1. The van der Waals surface area contributed by atoms with Crippen LogP contribution in [0.15, 0.2) is 63.8 Å². The van der Waals surface area contributed by atoms with E-state index in [0.717, 1.165) is 0 Å². The molecule has 0 fully saturated rings. The Balaban J connectivity index is 1.71. The Labute approximate surface area is 153 Å². The third-order valence-electron chi connectivity index (χ3n) is 3.80. The van der Waals surface area contributed by atoms with Crippen LogP contribution >= 0.6 is 0 Å². The number of nitrogens with one attached hydrogen (secondary N) is 1. The molecule has 3 rings (SSSR count). The van der Waals surface area contributed by atoms with Crippen LogP contribution in [0.25, 0.3) is 11.0 Å². The Hall–Kier alpha value is -3.92. The van der Waals surface area contributed by atoms with Crippen LogP contribution < -0.4 is 10.9 Å². The normalized spacial score (nSPS) is 11.4. The molecule has 0 aliphatic rings. The number of anilines is 1. The lowest BCUT2D eigenvalue weighted by Crippen LogP contribution is -2.31. The number of nitrogens with zero attached hydrogens (tertiary/aromatic N) is 1. The zero-order valence-electron chi connectivity index (χ0n) is 14.3. The second kappa shape index (κ2) is 7.54. The predicted molar refractivity (Wildman–Crippen MR) is 97.1 cm³/mol. The van der Waals surface area contributed by atoms with Gasteiger partial charge in [-0.3, -0.25) is 4.79 Å². The Bertz CT molecular complexity index is 1110. The first-order valence-corrected chi connectivity index (χ1v) is 8.03. The van der Waals surface area contributed by atoms with Gasteiger partial charge in [0.15, 0.2) is 6.10 Å². The number of amides is 1. The van der Waals surface area contributed by atoms with Crippen LogP contribution in [0.4, 0.5) is 5.69 Å². The number of carbonyl (C=O) groups excluding carboxylic acids is 2. The highest BCUT2D eigenvalue weighted by Crippen LogP contribution is 2.14. The van der Waals surface area contributed by atoms with E-state index in [0.29, 0.717) is 22.2 Å². The molecule has 0 bridgehead atoms. The average Bonchev–Trinajstić information content (AvgIpc) is 2.67. The second-order valence-electron chi connectivity index (χ2n) is 5.71. The molecule has 0 unspecified atom stereocenters. The molecule has 1 amide bonds. The van der Waals surface area contributed by atoms with Gasteiger partial charge in [-0.2, -0.15) is 5.26 Å². The molecule has 2 aromatic carbocycles. The van der Waals surface area contributed by atoms with E-state index >= 15 is 0 Å². The topological polar surface area (TPSA) is 109 Å². The molecule has 134 valence electrons. The summed E-state index contributed by atoms with van der Waals surface area (Å²) in [6.45, 7) is 1.39. The first kappa shape index (κ1) is 17.9. The fourth-order valence-electron chi connectivity index (χ4n) is 2.35. The predicted octanol–water partition coefficient (Wildman–Crippen LogP) is 2.85. The number of para-hydroxylation sites is 1. The minimum atomic E-state index is -1.14. The largest absolute Gasteiger partial charge is 0.449 e. The number of carbonyl (C=O) groups is 2. The maximum atomic E-state index is 12.3. The van der Waals surface area contributed by atoms with Gasteiger partial charge in [-0.15, -0.1) is 0 Å². The van der Waals surface area contributed by atoms with Crippen LogP contribution in [0.5, 0.6) is 0 Å². The van der Waals surface area contributed by atoms with E-state index in [1.165, 1.54) is 13.0 Å². The van der Waals surface area contributed by atoms with Crippen molar-refractivity contribution in [2.75, 3.05) is 5.32 Å². The van der Waals surface area contributed by atoms with Crippen molar-refractivity contribution in [2.24, 2.45) is 0 Å². The molecule has 7 nitrogen and oxygen atoms in total. The van der Waals surface area contributed by atoms with E-state index in [2.05, 4.69) is 5.32 Å². The summed E-state index contributed by atoms with van der Waals surface area (Å²) in [6, 6.07) is 16.3. The Kier molecular flexibility index (Phi) is 4.99. The van der Waals surface area contributed by atoms with E-state index in [4.69, 9.17) is 14.4 Å². The minimum Gasteiger partial charge on any atom is -0.449 e. The van der Waals surface area contributed by atoms with Crippen molar-refractivity contribution >= 4 is 28.5 Å². The molecule has 27 heavy (non-hydrogen) atoms. The van der Waals surface area contributed by atoms with Gasteiger partial charge in [0.1, 0.15) is 11.1 Å². The lowest BCUT2D eigenvalue weighted by atomic mass is 10.2. The standard InChI is InChI=1S/C20H14N2O5/c1-12(18(23)22-15-8-6-13(11-21)7-9-15)26-19(24)16-10-14-4-2-3-5-17(14)27-20(16)25/h2-10,12H,1H3,(H,22,23)/t12-/m0/s1. The maximum Gasteiger partial charge on any atom is 0.351 e. The number of hydrogen-bond acceptors (Lipinski definition) is 6. The zero-order valence-corrected chi connectivity index (χ0v) is 14.3. The van der Waals surface area contributed by atoms with Crippen LogP contribution in [0, 0.1) is 11.3 Å². The molecule has 0 aliphatic carbocycles. The van der Waals surface area contributed by atoms with Gasteiger partial charge >= 0.3 is 11.6 Å². The smallest absolute Gasteiger partial charge is 0.351 e. The Morgan fingerprint density at radius 2 is 1.85 bits per heavy atom. The summed E-state index contributed by atoms with van der Waals surface area (Å²) >= 11 is 0. The number of fused-ring (bicyclic) bond motifs is 1. The summed E-state index contributed by atoms with van der Waals surface area (Å²) in [5.41, 5.74) is 0.137. The molecule has 1 atom stereocenters. The molecule has 1 heterocycles. The highest BCUT2D eigenvalue weighted by atomic mass is 16.5. The molecule has 1 aromatic heterocycles. The molecule has 0 saturated heterocycles. The molecule has 3 aromatic rings. The maximum absolute atomic E-state index is 12.3. The van der Waals surface area contributed by atoms with Crippen LogP contribution in [0.1, 0.15) is 22.8 Å². The van der Waals surface area contributed by atoms with Crippen molar-refractivity contribution in [3.8, 4) is 6.07 Å². The summed E-state index contributed by atoms with van der Waals surface area (Å²) in [7, 11) is 0. The first-order chi connectivity index (χ1) is 13.0. The van der Waals surface area contributed by atoms with Gasteiger partial charge in [-0.1, -0.05) is 18.2 Å². The van der Waals surface area contributed by atoms with E-state index < -0.39 is 23.6 Å². The summed E-state index contributed by atoms with van der Waals surface area (Å²) in [5.74, 6) is -1.52. The van der Waals surface area contributed by atoms with Crippen molar-refractivity contribution in [1.82, 2.24) is 0 Å². The summed E-state index contributed by atoms with van der Waals surface area (Å²) in [6.07, 6.45) is -1.14. The molecule has 7 heteroatoms. The molecular weight excluding hydrogens is 348 g/mol. The second-order valence-corrected chi connectivity index (χ2v) is 5.71. The monoisotopic (exact) mass is 362 g/mol. The fourth-order valence-corrected chi connectivity index (χ4v) is 2.35. The number of rotatable bonds is 4. The van der Waals surface area contributed by atoms with Gasteiger partial charge in [-0.25, -0.2) is 9.59 Å². The van der Waals surface area contributed by atoms with E-state index in [9.17, 15) is 14.4 Å². The highest BCUT2D eigenvalue weighted by molar-refractivity contribution is 5.98. The van der Waals surface area contributed by atoms with Gasteiger partial charge < -0.3 is 14.5 Å². The molecule has 0 aliphatic heterocycles. The van der Waals surface area contributed by atoms with Crippen molar-refractivity contribution in [1.29, 1.82) is 5.26 Å². The van der Waals surface area contributed by atoms with E-state index in [-0.39, 0.29) is 5.56 Å². The molecule has 0 saturated carbocycles. The van der Waals surface area contributed by atoms with E-state index in [1.54, 1.807) is 48.5 Å². The first-order valence-electron chi connectivity index (χ1n) is 8.03. The number of ether oxygens (including phenoxy) is 1. The van der Waals surface area contributed by atoms with Gasteiger partial charge in [0.25, 0.3) is 5.91 Å². The van der Waals surface area contributed by atoms with Gasteiger partial charge in [0, 0.05) is 11.1 Å². The van der Waals surface area contributed by atoms with Crippen LogP contribution in [0.3, 0.4) is 0 Å². The molecular formula is C20H14N2O5. The third-order valence-corrected chi connectivity index (χ3v) is 3.80. The summed E-state index contributed by atoms with van der Waals surface area (Å²) < 4.78 is 10.2. The molecule has 0 spiro atoms. The van der Waals surface area contributed by atoms with E-state index in [1.807, 2.05) is 6.07 Å². The van der Waals surface area contributed by atoms with Crippen LogP contribution in [0.2, 0.25) is 0 Å². The quantitative estimate of drug-likeness (QED) is 0.564. The SMILES string of the molecule is C[C@H](OC(=O)c1cc2ccccc2oc1=O)C(=O)Nc1ccc(C#N)cc1.